The van der Waals surface area contributed by atoms with Crippen LogP contribution in [0.2, 0.25) is 0 Å². The van der Waals surface area contributed by atoms with E-state index in [4.69, 9.17) is 9.84 Å². The zero-order valence-corrected chi connectivity index (χ0v) is 8.48. The number of hydrogen-bond donors (Lipinski definition) is 1. The lowest BCUT2D eigenvalue weighted by atomic mass is 10.2. The summed E-state index contributed by atoms with van der Waals surface area (Å²) in [6.07, 6.45) is 0. The Bertz CT molecular complexity index is 499. The summed E-state index contributed by atoms with van der Waals surface area (Å²) in [4.78, 5) is 3.81. The molecule has 1 heterocycles. The van der Waals surface area contributed by atoms with Gasteiger partial charge in [-0.15, -0.1) is 0 Å². The maximum absolute atomic E-state index is 13.8. The molecular weight excluding hydrogens is 215 g/mol. The Balaban J connectivity index is 2.47. The smallest absolute Gasteiger partial charge is 0.252 e. The van der Waals surface area contributed by atoms with Gasteiger partial charge >= 0.3 is 0 Å². The molecule has 16 heavy (non-hydrogen) atoms. The third-order valence-corrected chi connectivity index (χ3v) is 2.03. The molecule has 0 aliphatic rings. The van der Waals surface area contributed by atoms with E-state index in [1.807, 2.05) is 0 Å². The van der Waals surface area contributed by atoms with Gasteiger partial charge in [0.25, 0.3) is 5.89 Å². The van der Waals surface area contributed by atoms with Gasteiger partial charge in [-0.1, -0.05) is 11.2 Å². The molecular formula is C10H9FN2O3. The van der Waals surface area contributed by atoms with Crippen molar-refractivity contribution in [3.63, 3.8) is 0 Å². The topological polar surface area (TPSA) is 68.4 Å². The highest BCUT2D eigenvalue weighted by molar-refractivity contribution is 5.58. The molecule has 0 fully saturated rings. The summed E-state index contributed by atoms with van der Waals surface area (Å²) in [5, 5.41) is 12.3. The predicted octanol–water partition coefficient (Wildman–Crippen LogP) is 1.38. The number of halogens is 1. The lowest BCUT2D eigenvalue weighted by Gasteiger charge is -2.03. The van der Waals surface area contributed by atoms with Crippen molar-refractivity contribution in [2.24, 2.45) is 0 Å². The van der Waals surface area contributed by atoms with Crippen LogP contribution in [0.4, 0.5) is 4.39 Å². The molecule has 0 spiro atoms. The maximum atomic E-state index is 13.8. The molecule has 1 N–H and O–H groups in total. The summed E-state index contributed by atoms with van der Waals surface area (Å²) in [7, 11) is 1.37. The fourth-order valence-corrected chi connectivity index (χ4v) is 1.27. The largest absolute Gasteiger partial charge is 0.494 e. The van der Waals surface area contributed by atoms with E-state index in [0.717, 1.165) is 0 Å². The average Bonchev–Trinajstić information content (AvgIpc) is 2.78. The van der Waals surface area contributed by atoms with Gasteiger partial charge in [0.2, 0.25) is 5.82 Å². The van der Waals surface area contributed by atoms with E-state index in [2.05, 4.69) is 14.7 Å². The molecule has 1 aromatic heterocycles. The van der Waals surface area contributed by atoms with E-state index in [1.54, 1.807) is 6.07 Å². The summed E-state index contributed by atoms with van der Waals surface area (Å²) < 4.78 is 23.3. The number of nitrogens with zero attached hydrogens (tertiary/aromatic N) is 2. The van der Waals surface area contributed by atoms with Crippen molar-refractivity contribution < 1.29 is 18.8 Å². The van der Waals surface area contributed by atoms with Gasteiger partial charge in [-0.2, -0.15) is 4.98 Å². The fraction of sp³-hybridized carbons (Fsp3) is 0.200. The van der Waals surface area contributed by atoms with Crippen molar-refractivity contribution in [3.8, 4) is 17.1 Å². The van der Waals surface area contributed by atoms with Gasteiger partial charge in [-0.25, -0.2) is 4.39 Å². The zero-order valence-electron chi connectivity index (χ0n) is 8.48. The molecule has 0 aliphatic heterocycles. The summed E-state index contributed by atoms with van der Waals surface area (Å²) in [6.45, 7) is -0.376. The number of hydrogen-bond acceptors (Lipinski definition) is 5. The van der Waals surface area contributed by atoms with E-state index in [-0.39, 0.29) is 29.6 Å². The molecule has 2 rings (SSSR count). The van der Waals surface area contributed by atoms with Crippen molar-refractivity contribution in [2.75, 3.05) is 7.11 Å². The van der Waals surface area contributed by atoms with Crippen LogP contribution in [-0.2, 0) is 6.61 Å². The Hall–Kier alpha value is -1.95. The van der Waals surface area contributed by atoms with Crippen molar-refractivity contribution in [3.05, 3.63) is 29.9 Å². The lowest BCUT2D eigenvalue weighted by molar-refractivity contribution is 0.222. The molecule has 84 valence electrons. The number of benzene rings is 1. The molecule has 0 amide bonds. The Morgan fingerprint density at radius 1 is 1.50 bits per heavy atom. The highest BCUT2D eigenvalue weighted by atomic mass is 19.1. The number of rotatable bonds is 3. The van der Waals surface area contributed by atoms with Gasteiger partial charge < -0.3 is 14.4 Å². The summed E-state index contributed by atoms with van der Waals surface area (Å²) >= 11 is 0. The normalized spacial score (nSPS) is 10.4. The third-order valence-electron chi connectivity index (χ3n) is 2.03. The van der Waals surface area contributed by atoms with Crippen LogP contribution in [0.5, 0.6) is 5.75 Å². The minimum Gasteiger partial charge on any atom is -0.494 e. The minimum atomic E-state index is -0.560. The third kappa shape index (κ3) is 1.74. The molecule has 6 heteroatoms. The summed E-state index contributed by atoms with van der Waals surface area (Å²) in [5.74, 6) is -0.333. The number of aromatic nitrogens is 2. The van der Waals surface area contributed by atoms with Gasteiger partial charge in [0.15, 0.2) is 11.6 Å². The van der Waals surface area contributed by atoms with Crippen molar-refractivity contribution in [1.82, 2.24) is 10.1 Å². The SMILES string of the molecule is COc1cccc(-c2noc(CO)n2)c1F. The lowest BCUT2D eigenvalue weighted by Crippen LogP contribution is -1.92. The molecule has 0 saturated heterocycles. The quantitative estimate of drug-likeness (QED) is 0.852. The minimum absolute atomic E-state index is 0.0391. The monoisotopic (exact) mass is 224 g/mol. The van der Waals surface area contributed by atoms with Crippen molar-refractivity contribution >= 4 is 0 Å². The van der Waals surface area contributed by atoms with E-state index in [9.17, 15) is 4.39 Å². The van der Waals surface area contributed by atoms with Gasteiger partial charge in [-0.05, 0) is 12.1 Å². The van der Waals surface area contributed by atoms with Gasteiger partial charge in [0, 0.05) is 0 Å². The van der Waals surface area contributed by atoms with Crippen LogP contribution >= 0.6 is 0 Å². The first kappa shape index (κ1) is 10.6. The van der Waals surface area contributed by atoms with Crippen LogP contribution in [0.1, 0.15) is 5.89 Å². The maximum Gasteiger partial charge on any atom is 0.252 e. The van der Waals surface area contributed by atoms with E-state index >= 15 is 0 Å². The van der Waals surface area contributed by atoms with Crippen LogP contribution in [0, 0.1) is 5.82 Å². The van der Waals surface area contributed by atoms with Crippen molar-refractivity contribution in [1.29, 1.82) is 0 Å². The Labute approximate surface area is 90.5 Å². The average molecular weight is 224 g/mol. The Kier molecular flexibility index (Phi) is 2.82. The van der Waals surface area contributed by atoms with Crippen molar-refractivity contribution in [2.45, 2.75) is 6.61 Å². The van der Waals surface area contributed by atoms with Gasteiger partial charge in [-0.3, -0.25) is 0 Å². The summed E-state index contributed by atoms with van der Waals surface area (Å²) in [6, 6.07) is 4.61. The zero-order chi connectivity index (χ0) is 11.5. The van der Waals surface area contributed by atoms with Gasteiger partial charge in [0.1, 0.15) is 6.61 Å². The molecule has 0 aliphatic carbocycles. The Morgan fingerprint density at radius 2 is 2.31 bits per heavy atom. The highest BCUT2D eigenvalue weighted by Crippen LogP contribution is 2.26. The molecule has 0 atom stereocenters. The second kappa shape index (κ2) is 4.28. The van der Waals surface area contributed by atoms with E-state index in [1.165, 1.54) is 19.2 Å². The number of methoxy groups -OCH3 is 1. The Morgan fingerprint density at radius 3 is 2.94 bits per heavy atom. The molecule has 2 aromatic rings. The number of aliphatic hydroxyl groups excluding tert-OH is 1. The van der Waals surface area contributed by atoms with Crippen LogP contribution in [-0.4, -0.2) is 22.4 Å². The molecule has 0 saturated carbocycles. The second-order valence-electron chi connectivity index (χ2n) is 2.99. The first-order valence-corrected chi connectivity index (χ1v) is 4.52. The number of ether oxygens (including phenoxy) is 1. The molecule has 0 radical (unpaired) electrons. The summed E-state index contributed by atoms with van der Waals surface area (Å²) in [5.41, 5.74) is 0.169. The predicted molar refractivity (Wildman–Crippen MR) is 52.2 cm³/mol. The number of aliphatic hydroxyl groups is 1. The van der Waals surface area contributed by atoms with Crippen LogP contribution in [0.15, 0.2) is 22.7 Å². The van der Waals surface area contributed by atoms with E-state index < -0.39 is 5.82 Å². The fourth-order valence-electron chi connectivity index (χ4n) is 1.27. The molecule has 1 aromatic carbocycles. The highest BCUT2D eigenvalue weighted by Gasteiger charge is 2.15. The molecule has 5 nitrogen and oxygen atoms in total. The van der Waals surface area contributed by atoms with Crippen LogP contribution in [0.3, 0.4) is 0 Å². The second-order valence-corrected chi connectivity index (χ2v) is 2.99. The van der Waals surface area contributed by atoms with Gasteiger partial charge in [0.05, 0.1) is 12.7 Å². The van der Waals surface area contributed by atoms with Crippen LogP contribution < -0.4 is 4.74 Å². The molecule has 0 bridgehead atoms. The first-order chi connectivity index (χ1) is 7.76. The van der Waals surface area contributed by atoms with E-state index in [0.29, 0.717) is 0 Å². The van der Waals surface area contributed by atoms with Crippen LogP contribution in [0.25, 0.3) is 11.4 Å². The first-order valence-electron chi connectivity index (χ1n) is 4.52. The molecule has 0 unspecified atom stereocenters. The standard InChI is InChI=1S/C10H9FN2O3/c1-15-7-4-2-3-6(9(7)11)10-12-8(5-14)16-13-10/h2-4,14H,5H2,1H3.